The van der Waals surface area contributed by atoms with Gasteiger partial charge in [0.25, 0.3) is 0 Å². The van der Waals surface area contributed by atoms with E-state index in [1.165, 1.54) is 12.1 Å². The van der Waals surface area contributed by atoms with Crippen molar-refractivity contribution < 1.29 is 13.9 Å². The first-order valence-corrected chi connectivity index (χ1v) is 8.14. The van der Waals surface area contributed by atoms with Crippen LogP contribution < -0.4 is 14.8 Å². The number of hydrogen-bond acceptors (Lipinski definition) is 3. The average molecular weight is 346 g/mol. The maximum Gasteiger partial charge on any atom is 0.169 e. The summed E-state index contributed by atoms with van der Waals surface area (Å²) in [5, 5.41) is 3.78. The molecule has 2 aromatic carbocycles. The van der Waals surface area contributed by atoms with E-state index in [0.717, 1.165) is 17.1 Å². The van der Waals surface area contributed by atoms with Crippen molar-refractivity contribution in [2.45, 2.75) is 12.6 Å². The molecule has 0 unspecified atom stereocenters. The van der Waals surface area contributed by atoms with E-state index < -0.39 is 0 Å². The number of nitrogens with zero attached hydrogens (tertiary/aromatic N) is 1. The van der Waals surface area contributed by atoms with Crippen LogP contribution in [0.25, 0.3) is 0 Å². The van der Waals surface area contributed by atoms with Crippen LogP contribution in [0.15, 0.2) is 48.5 Å². The van der Waals surface area contributed by atoms with E-state index in [0.29, 0.717) is 24.8 Å². The van der Waals surface area contributed by atoms with Crippen LogP contribution in [0.1, 0.15) is 5.56 Å². The summed E-state index contributed by atoms with van der Waals surface area (Å²) in [4.78, 5) is 1.92. The summed E-state index contributed by atoms with van der Waals surface area (Å²) in [6, 6.07) is 14.0. The van der Waals surface area contributed by atoms with Crippen molar-refractivity contribution in [3.05, 3.63) is 59.9 Å². The van der Waals surface area contributed by atoms with Crippen LogP contribution in [0.3, 0.4) is 0 Å². The van der Waals surface area contributed by atoms with Crippen molar-refractivity contribution in [1.82, 2.24) is 10.2 Å². The van der Waals surface area contributed by atoms with Gasteiger partial charge in [0, 0.05) is 13.6 Å². The minimum absolute atomic E-state index is 0.0875. The largest absolute Gasteiger partial charge is 0.486 e. The molecular formula is C18H19FN2O2S. The van der Waals surface area contributed by atoms with Gasteiger partial charge in [-0.25, -0.2) is 4.39 Å². The molecule has 0 fully saturated rings. The van der Waals surface area contributed by atoms with Gasteiger partial charge in [-0.15, -0.1) is 0 Å². The van der Waals surface area contributed by atoms with Gasteiger partial charge in [-0.2, -0.15) is 0 Å². The monoisotopic (exact) mass is 346 g/mol. The predicted octanol–water partition coefficient (Wildman–Crippen LogP) is 2.97. The van der Waals surface area contributed by atoms with Crippen molar-refractivity contribution in [2.75, 3.05) is 20.2 Å². The Kier molecular flexibility index (Phi) is 5.15. The number of hydrogen-bond donors (Lipinski definition) is 1. The van der Waals surface area contributed by atoms with Crippen molar-refractivity contribution in [3.63, 3.8) is 0 Å². The first kappa shape index (κ1) is 16.5. The Hall–Kier alpha value is -2.34. The molecule has 0 amide bonds. The van der Waals surface area contributed by atoms with Crippen molar-refractivity contribution >= 4 is 17.3 Å². The molecule has 2 aromatic rings. The van der Waals surface area contributed by atoms with Crippen LogP contribution in [0.4, 0.5) is 4.39 Å². The average Bonchev–Trinajstić information content (AvgIpc) is 2.61. The molecule has 1 atom stereocenters. The quantitative estimate of drug-likeness (QED) is 0.861. The minimum Gasteiger partial charge on any atom is -0.486 e. The topological polar surface area (TPSA) is 33.7 Å². The molecule has 0 spiro atoms. The summed E-state index contributed by atoms with van der Waals surface area (Å²) < 4.78 is 24.5. The fourth-order valence-electron chi connectivity index (χ4n) is 2.46. The van der Waals surface area contributed by atoms with E-state index in [1.54, 1.807) is 12.1 Å². The molecule has 0 aliphatic carbocycles. The molecule has 3 rings (SSSR count). The highest BCUT2D eigenvalue weighted by Crippen LogP contribution is 2.30. The van der Waals surface area contributed by atoms with E-state index in [4.69, 9.17) is 21.7 Å². The predicted molar refractivity (Wildman–Crippen MR) is 94.8 cm³/mol. The molecule has 0 saturated heterocycles. The zero-order chi connectivity index (χ0) is 16.9. The van der Waals surface area contributed by atoms with Crippen LogP contribution >= 0.6 is 12.2 Å². The maximum atomic E-state index is 12.9. The maximum absolute atomic E-state index is 12.9. The molecule has 1 aliphatic rings. The first-order valence-electron chi connectivity index (χ1n) is 7.74. The molecule has 1 heterocycles. The van der Waals surface area contributed by atoms with E-state index >= 15 is 0 Å². The molecule has 6 heteroatoms. The Bertz CT molecular complexity index is 708. The summed E-state index contributed by atoms with van der Waals surface area (Å²) in [7, 11) is 1.91. The van der Waals surface area contributed by atoms with Crippen molar-refractivity contribution in [2.24, 2.45) is 0 Å². The van der Waals surface area contributed by atoms with Crippen LogP contribution in [0.5, 0.6) is 11.5 Å². The number of rotatable bonds is 4. The van der Waals surface area contributed by atoms with E-state index in [2.05, 4.69) is 5.32 Å². The van der Waals surface area contributed by atoms with Gasteiger partial charge < -0.3 is 19.7 Å². The van der Waals surface area contributed by atoms with Gasteiger partial charge in [0.2, 0.25) is 0 Å². The SMILES string of the molecule is CN(C[C@@H]1COc2ccccc2O1)C(=S)NCc1ccc(F)cc1. The van der Waals surface area contributed by atoms with Crippen molar-refractivity contribution in [1.29, 1.82) is 0 Å². The molecule has 0 radical (unpaired) electrons. The van der Waals surface area contributed by atoms with Crippen molar-refractivity contribution in [3.8, 4) is 11.5 Å². The molecule has 24 heavy (non-hydrogen) atoms. The smallest absolute Gasteiger partial charge is 0.169 e. The third kappa shape index (κ3) is 4.14. The molecule has 1 N–H and O–H groups in total. The lowest BCUT2D eigenvalue weighted by atomic mass is 10.2. The van der Waals surface area contributed by atoms with E-state index in [9.17, 15) is 4.39 Å². The van der Waals surface area contributed by atoms with Gasteiger partial charge in [-0.3, -0.25) is 0 Å². The van der Waals surface area contributed by atoms with Crippen LogP contribution in [0.2, 0.25) is 0 Å². The van der Waals surface area contributed by atoms with Crippen LogP contribution in [-0.2, 0) is 6.54 Å². The van der Waals surface area contributed by atoms with Crippen LogP contribution in [-0.4, -0.2) is 36.3 Å². The number of thiocarbonyl (C=S) groups is 1. The van der Waals surface area contributed by atoms with Gasteiger partial charge in [-0.1, -0.05) is 24.3 Å². The van der Waals surface area contributed by atoms with Gasteiger partial charge in [-0.05, 0) is 42.0 Å². The van der Waals surface area contributed by atoms with Gasteiger partial charge in [0.05, 0.1) is 6.54 Å². The van der Waals surface area contributed by atoms with E-state index in [1.807, 2.05) is 36.2 Å². The second-order valence-corrected chi connectivity index (χ2v) is 6.05. The standard InChI is InChI=1S/C18H19FN2O2S/c1-21(18(24)20-10-13-6-8-14(19)9-7-13)11-15-12-22-16-4-2-3-5-17(16)23-15/h2-9,15H,10-12H2,1H3,(H,20,24)/t15-/m1/s1. The minimum atomic E-state index is -0.242. The summed E-state index contributed by atoms with van der Waals surface area (Å²) in [5.41, 5.74) is 0.971. The molecule has 126 valence electrons. The van der Waals surface area contributed by atoms with Gasteiger partial charge in [0.1, 0.15) is 12.4 Å². The Morgan fingerprint density at radius 1 is 1.21 bits per heavy atom. The zero-order valence-electron chi connectivity index (χ0n) is 13.4. The molecular weight excluding hydrogens is 327 g/mol. The number of likely N-dealkylation sites (N-methyl/N-ethyl adjacent to an activating group) is 1. The van der Waals surface area contributed by atoms with Gasteiger partial charge in [0.15, 0.2) is 22.7 Å². The zero-order valence-corrected chi connectivity index (χ0v) is 14.2. The molecule has 0 bridgehead atoms. The van der Waals surface area contributed by atoms with Crippen LogP contribution in [0, 0.1) is 5.82 Å². The second-order valence-electron chi connectivity index (χ2n) is 5.66. The number of nitrogens with one attached hydrogen (secondary N) is 1. The highest BCUT2D eigenvalue weighted by molar-refractivity contribution is 7.80. The summed E-state index contributed by atoms with van der Waals surface area (Å²) in [6.07, 6.45) is -0.0875. The summed E-state index contributed by atoms with van der Waals surface area (Å²) >= 11 is 5.39. The number of para-hydroxylation sites is 2. The highest BCUT2D eigenvalue weighted by atomic mass is 32.1. The van der Waals surface area contributed by atoms with Gasteiger partial charge >= 0.3 is 0 Å². The first-order chi connectivity index (χ1) is 11.6. The number of fused-ring (bicyclic) bond motifs is 1. The number of ether oxygens (including phenoxy) is 2. The molecule has 0 aromatic heterocycles. The fraction of sp³-hybridized carbons (Fsp3) is 0.278. The number of halogens is 1. The fourth-order valence-corrected chi connectivity index (χ4v) is 2.60. The summed E-state index contributed by atoms with van der Waals surface area (Å²) in [5.74, 6) is 1.29. The molecule has 4 nitrogen and oxygen atoms in total. The second kappa shape index (κ2) is 7.49. The lowest BCUT2D eigenvalue weighted by Crippen LogP contribution is -2.45. The normalized spacial score (nSPS) is 15.7. The molecule has 0 saturated carbocycles. The third-order valence-electron chi connectivity index (χ3n) is 3.75. The Balaban J connectivity index is 1.49. The lowest BCUT2D eigenvalue weighted by molar-refractivity contribution is 0.0779. The number of benzene rings is 2. The Morgan fingerprint density at radius 3 is 2.67 bits per heavy atom. The highest BCUT2D eigenvalue weighted by Gasteiger charge is 2.22. The summed E-state index contributed by atoms with van der Waals surface area (Å²) in [6.45, 7) is 1.65. The molecule has 1 aliphatic heterocycles. The Labute approximate surface area is 146 Å². The third-order valence-corrected chi connectivity index (χ3v) is 4.20. The Morgan fingerprint density at radius 2 is 1.92 bits per heavy atom. The lowest BCUT2D eigenvalue weighted by Gasteiger charge is -2.30. The van der Waals surface area contributed by atoms with E-state index in [-0.39, 0.29) is 11.9 Å².